The number of ether oxygens (including phenoxy) is 1. The summed E-state index contributed by atoms with van der Waals surface area (Å²) >= 11 is 0. The smallest absolute Gasteiger partial charge is 0.171 e. The van der Waals surface area contributed by atoms with E-state index in [0.717, 1.165) is 50.6 Å². The number of rotatable bonds is 7. The summed E-state index contributed by atoms with van der Waals surface area (Å²) in [6.07, 6.45) is 2.91. The zero-order valence-electron chi connectivity index (χ0n) is 19.8. The van der Waals surface area contributed by atoms with Crippen molar-refractivity contribution >= 4 is 11.5 Å². The van der Waals surface area contributed by atoms with Crippen LogP contribution in [-0.4, -0.2) is 69.0 Å². The van der Waals surface area contributed by atoms with Crippen molar-refractivity contribution in [3.63, 3.8) is 0 Å². The maximum Gasteiger partial charge on any atom is 0.171 e. The standard InChI is InChI=1S/C27H35N3O2/c1-27(2)24-7-5-6-8-25(24)28(3)26(27)19-22(31)20-30-17-15-29(16-18-30)14-13-21-9-11-23(32-4)12-10-21/h5-12,19H,13-18,20H2,1-4H3/b26-19+. The van der Waals surface area contributed by atoms with E-state index in [0.29, 0.717) is 6.54 Å². The third kappa shape index (κ3) is 4.74. The molecule has 0 aliphatic carbocycles. The van der Waals surface area contributed by atoms with E-state index in [1.807, 2.05) is 18.2 Å². The van der Waals surface area contributed by atoms with E-state index in [1.54, 1.807) is 7.11 Å². The number of hydrogen-bond donors (Lipinski definition) is 0. The number of ketones is 1. The van der Waals surface area contributed by atoms with Crippen molar-refractivity contribution in [3.05, 3.63) is 71.4 Å². The zero-order chi connectivity index (χ0) is 22.7. The van der Waals surface area contributed by atoms with Crippen molar-refractivity contribution in [3.8, 4) is 5.75 Å². The van der Waals surface area contributed by atoms with Gasteiger partial charge < -0.3 is 14.5 Å². The number of nitrogens with zero attached hydrogens (tertiary/aromatic N) is 3. The largest absolute Gasteiger partial charge is 0.497 e. The molecule has 0 atom stereocenters. The molecule has 5 nitrogen and oxygen atoms in total. The van der Waals surface area contributed by atoms with Crippen LogP contribution < -0.4 is 9.64 Å². The summed E-state index contributed by atoms with van der Waals surface area (Å²) in [6, 6.07) is 16.8. The average Bonchev–Trinajstić information content (AvgIpc) is 3.00. The van der Waals surface area contributed by atoms with Gasteiger partial charge in [0.2, 0.25) is 0 Å². The molecular weight excluding hydrogens is 398 g/mol. The molecule has 0 aromatic heterocycles. The first-order valence-electron chi connectivity index (χ1n) is 11.5. The average molecular weight is 434 g/mol. The van der Waals surface area contributed by atoms with Gasteiger partial charge in [-0.15, -0.1) is 0 Å². The summed E-state index contributed by atoms with van der Waals surface area (Å²) in [7, 11) is 3.76. The molecule has 0 N–H and O–H groups in total. The Morgan fingerprint density at radius 2 is 1.66 bits per heavy atom. The number of carbonyl (C=O) groups excluding carboxylic acids is 1. The number of hydrogen-bond acceptors (Lipinski definition) is 5. The molecule has 0 unspecified atom stereocenters. The highest BCUT2D eigenvalue weighted by Gasteiger charge is 2.38. The molecule has 1 fully saturated rings. The summed E-state index contributed by atoms with van der Waals surface area (Å²) < 4.78 is 5.23. The van der Waals surface area contributed by atoms with Gasteiger partial charge in [0.05, 0.1) is 13.7 Å². The Morgan fingerprint density at radius 1 is 1.00 bits per heavy atom. The maximum atomic E-state index is 12.9. The van der Waals surface area contributed by atoms with E-state index in [2.05, 4.69) is 72.0 Å². The molecular formula is C27H35N3O2. The second kappa shape index (κ2) is 9.47. The Hall–Kier alpha value is -2.63. The monoisotopic (exact) mass is 433 g/mol. The van der Waals surface area contributed by atoms with Gasteiger partial charge >= 0.3 is 0 Å². The molecule has 0 spiro atoms. The number of methoxy groups -OCH3 is 1. The highest BCUT2D eigenvalue weighted by atomic mass is 16.5. The molecule has 32 heavy (non-hydrogen) atoms. The third-order valence-corrected chi connectivity index (χ3v) is 6.96. The van der Waals surface area contributed by atoms with Gasteiger partial charge in [-0.1, -0.05) is 44.2 Å². The van der Waals surface area contributed by atoms with Crippen molar-refractivity contribution in [1.29, 1.82) is 0 Å². The Bertz CT molecular complexity index is 973. The first kappa shape index (κ1) is 22.6. The van der Waals surface area contributed by atoms with Crippen molar-refractivity contribution in [2.24, 2.45) is 0 Å². The third-order valence-electron chi connectivity index (χ3n) is 6.96. The Kier molecular flexibility index (Phi) is 6.68. The number of anilines is 1. The van der Waals surface area contributed by atoms with Crippen LogP contribution in [-0.2, 0) is 16.6 Å². The van der Waals surface area contributed by atoms with Crippen LogP contribution in [0.3, 0.4) is 0 Å². The fraction of sp³-hybridized carbons (Fsp3) is 0.444. The van der Waals surface area contributed by atoms with E-state index in [-0.39, 0.29) is 11.2 Å². The van der Waals surface area contributed by atoms with Gasteiger partial charge in [0.1, 0.15) is 5.75 Å². The van der Waals surface area contributed by atoms with Crippen LogP contribution in [0, 0.1) is 0 Å². The van der Waals surface area contributed by atoms with E-state index in [4.69, 9.17) is 4.74 Å². The molecule has 170 valence electrons. The predicted octanol–water partition coefficient (Wildman–Crippen LogP) is 3.74. The predicted molar refractivity (Wildman–Crippen MR) is 131 cm³/mol. The lowest BCUT2D eigenvalue weighted by Gasteiger charge is -2.34. The summed E-state index contributed by atoms with van der Waals surface area (Å²) in [5.41, 5.74) is 4.75. The van der Waals surface area contributed by atoms with E-state index in [9.17, 15) is 4.79 Å². The Labute approximate surface area is 192 Å². The lowest BCUT2D eigenvalue weighted by molar-refractivity contribution is -0.116. The summed E-state index contributed by atoms with van der Waals surface area (Å²) in [5, 5.41) is 0. The maximum absolute atomic E-state index is 12.9. The molecule has 1 saturated heterocycles. The van der Waals surface area contributed by atoms with Gasteiger partial charge in [-0.2, -0.15) is 0 Å². The molecule has 2 aliphatic rings. The van der Waals surface area contributed by atoms with Gasteiger partial charge in [-0.05, 0) is 35.7 Å². The minimum atomic E-state index is -0.152. The number of benzene rings is 2. The lowest BCUT2D eigenvalue weighted by Crippen LogP contribution is -2.48. The van der Waals surface area contributed by atoms with Crippen LogP contribution in [0.4, 0.5) is 5.69 Å². The van der Waals surface area contributed by atoms with Crippen LogP contribution in [0.25, 0.3) is 0 Å². The zero-order valence-corrected chi connectivity index (χ0v) is 19.8. The number of likely N-dealkylation sites (N-methyl/N-ethyl adjacent to an activating group) is 1. The second-order valence-electron chi connectivity index (χ2n) is 9.41. The highest BCUT2D eigenvalue weighted by molar-refractivity contribution is 5.94. The SMILES string of the molecule is COc1ccc(CCN2CCN(CC(=O)/C=C3/N(C)c4ccccc4C3(C)C)CC2)cc1. The fourth-order valence-corrected chi connectivity index (χ4v) is 4.93. The number of para-hydroxylation sites is 1. The topological polar surface area (TPSA) is 36.0 Å². The number of allylic oxidation sites excluding steroid dienone is 1. The van der Waals surface area contributed by atoms with Gasteiger partial charge in [-0.25, -0.2) is 0 Å². The fourth-order valence-electron chi connectivity index (χ4n) is 4.93. The first-order valence-corrected chi connectivity index (χ1v) is 11.5. The normalized spacial score (nSPS) is 19.9. The van der Waals surface area contributed by atoms with E-state index >= 15 is 0 Å². The molecule has 2 aromatic carbocycles. The van der Waals surface area contributed by atoms with Crippen LogP contribution in [0.2, 0.25) is 0 Å². The molecule has 0 amide bonds. The van der Waals surface area contributed by atoms with Crippen molar-refractivity contribution in [2.75, 3.05) is 58.3 Å². The van der Waals surface area contributed by atoms with Crippen molar-refractivity contribution in [2.45, 2.75) is 25.7 Å². The minimum absolute atomic E-state index is 0.152. The Morgan fingerprint density at radius 3 is 2.31 bits per heavy atom. The second-order valence-corrected chi connectivity index (χ2v) is 9.41. The van der Waals surface area contributed by atoms with Crippen LogP contribution in [0.15, 0.2) is 60.3 Å². The lowest BCUT2D eigenvalue weighted by atomic mass is 9.83. The molecule has 5 heteroatoms. The summed E-state index contributed by atoms with van der Waals surface area (Å²) in [5.74, 6) is 1.09. The molecule has 4 rings (SSSR count). The van der Waals surface area contributed by atoms with E-state index < -0.39 is 0 Å². The number of piperazine rings is 1. The molecule has 0 saturated carbocycles. The molecule has 2 aromatic rings. The molecule has 0 bridgehead atoms. The highest BCUT2D eigenvalue weighted by Crippen LogP contribution is 2.46. The van der Waals surface area contributed by atoms with Crippen LogP contribution >= 0.6 is 0 Å². The van der Waals surface area contributed by atoms with Crippen LogP contribution in [0.1, 0.15) is 25.0 Å². The van der Waals surface area contributed by atoms with Gasteiger partial charge in [0.25, 0.3) is 0 Å². The quantitative estimate of drug-likeness (QED) is 0.622. The van der Waals surface area contributed by atoms with Crippen LogP contribution in [0.5, 0.6) is 5.75 Å². The van der Waals surface area contributed by atoms with E-state index in [1.165, 1.54) is 16.8 Å². The molecule has 2 heterocycles. The van der Waals surface area contributed by atoms with Gasteiger partial charge in [0, 0.05) is 62.6 Å². The summed E-state index contributed by atoms with van der Waals surface area (Å²) in [6.45, 7) is 9.86. The first-order chi connectivity index (χ1) is 15.4. The Balaban J connectivity index is 1.27. The molecule has 2 aliphatic heterocycles. The van der Waals surface area contributed by atoms with Gasteiger partial charge in [-0.3, -0.25) is 9.69 Å². The minimum Gasteiger partial charge on any atom is -0.497 e. The number of fused-ring (bicyclic) bond motifs is 1. The van der Waals surface area contributed by atoms with Crippen molar-refractivity contribution in [1.82, 2.24) is 9.80 Å². The molecule has 0 radical (unpaired) electrons. The summed E-state index contributed by atoms with van der Waals surface area (Å²) in [4.78, 5) is 19.9. The van der Waals surface area contributed by atoms with Gasteiger partial charge in [0.15, 0.2) is 5.78 Å². The number of carbonyl (C=O) groups is 1. The van der Waals surface area contributed by atoms with Crippen molar-refractivity contribution < 1.29 is 9.53 Å².